The van der Waals surface area contributed by atoms with Gasteiger partial charge in [0.1, 0.15) is 5.82 Å². The molecule has 0 fully saturated rings. The molecule has 2 rings (SSSR count). The summed E-state index contributed by atoms with van der Waals surface area (Å²) in [6.07, 6.45) is 1.64. The third-order valence-corrected chi connectivity index (χ3v) is 2.68. The number of amides is 1. The highest BCUT2D eigenvalue weighted by atomic mass is 19.1. The highest BCUT2D eigenvalue weighted by molar-refractivity contribution is 5.99. The average Bonchev–Trinajstić information content (AvgIpc) is 2.77. The summed E-state index contributed by atoms with van der Waals surface area (Å²) in [5.41, 5.74) is 6.79. The molecule has 0 aliphatic carbocycles. The van der Waals surface area contributed by atoms with Crippen LogP contribution in [-0.2, 0) is 0 Å². The Hall–Kier alpha value is -2.17. The molecule has 4 nitrogen and oxygen atoms in total. The molecule has 0 atom stereocenters. The summed E-state index contributed by atoms with van der Waals surface area (Å²) < 4.78 is 14.9. The maximum absolute atomic E-state index is 13.2. The predicted octanol–water partition coefficient (Wildman–Crippen LogP) is 2.37. The predicted molar refractivity (Wildman–Crippen MR) is 66.5 cm³/mol. The number of carbonyl (C=O) groups excluding carboxylic acids is 1. The van der Waals surface area contributed by atoms with Crippen LogP contribution in [0.4, 0.5) is 4.39 Å². The minimum Gasteiger partial charge on any atom is -0.366 e. The van der Waals surface area contributed by atoms with E-state index in [2.05, 4.69) is 5.10 Å². The molecule has 0 unspecified atom stereocenters. The number of aromatic nitrogens is 2. The molecule has 0 saturated carbocycles. The van der Waals surface area contributed by atoms with Crippen LogP contribution < -0.4 is 5.73 Å². The van der Waals surface area contributed by atoms with Crippen LogP contribution in [0.3, 0.4) is 0 Å². The highest BCUT2D eigenvalue weighted by Crippen LogP contribution is 2.26. The number of carbonyl (C=O) groups is 1. The summed E-state index contributed by atoms with van der Waals surface area (Å²) in [6, 6.07) is 5.92. The maximum Gasteiger partial charge on any atom is 0.249 e. The van der Waals surface area contributed by atoms with E-state index in [-0.39, 0.29) is 11.6 Å². The summed E-state index contributed by atoms with van der Waals surface area (Å²) in [4.78, 5) is 11.4. The number of hydrogen-bond donors (Lipinski definition) is 1. The Morgan fingerprint density at radius 3 is 2.72 bits per heavy atom. The fourth-order valence-electron chi connectivity index (χ4n) is 1.88. The molecule has 18 heavy (non-hydrogen) atoms. The fourth-order valence-corrected chi connectivity index (χ4v) is 1.88. The van der Waals surface area contributed by atoms with Gasteiger partial charge in [0.05, 0.1) is 11.3 Å². The first kappa shape index (κ1) is 12.3. The first-order valence-corrected chi connectivity index (χ1v) is 5.64. The molecule has 1 aromatic heterocycles. The molecule has 0 bridgehead atoms. The summed E-state index contributed by atoms with van der Waals surface area (Å²) in [6.45, 7) is 3.95. The fraction of sp³-hybridized carbons (Fsp3) is 0.231. The molecule has 5 heteroatoms. The lowest BCUT2D eigenvalue weighted by Gasteiger charge is -2.13. The van der Waals surface area contributed by atoms with Crippen LogP contribution in [0.25, 0.3) is 11.3 Å². The minimum atomic E-state index is -0.652. The van der Waals surface area contributed by atoms with E-state index in [9.17, 15) is 9.18 Å². The lowest BCUT2D eigenvalue weighted by atomic mass is 10.0. The molecule has 0 radical (unpaired) electrons. The maximum atomic E-state index is 13.2. The smallest absolute Gasteiger partial charge is 0.249 e. The zero-order valence-electron chi connectivity index (χ0n) is 10.2. The van der Waals surface area contributed by atoms with E-state index in [0.29, 0.717) is 5.56 Å². The Bertz CT molecular complexity index is 590. The van der Waals surface area contributed by atoms with E-state index in [4.69, 9.17) is 5.73 Å². The van der Waals surface area contributed by atoms with Crippen LogP contribution in [0.15, 0.2) is 30.5 Å². The van der Waals surface area contributed by atoms with Gasteiger partial charge in [-0.3, -0.25) is 9.48 Å². The second-order valence-electron chi connectivity index (χ2n) is 4.31. The van der Waals surface area contributed by atoms with E-state index in [1.54, 1.807) is 23.0 Å². The van der Waals surface area contributed by atoms with Gasteiger partial charge >= 0.3 is 0 Å². The Morgan fingerprint density at radius 2 is 2.11 bits per heavy atom. The summed E-state index contributed by atoms with van der Waals surface area (Å²) in [7, 11) is 0. The van der Waals surface area contributed by atoms with Gasteiger partial charge in [-0.15, -0.1) is 0 Å². The first-order chi connectivity index (χ1) is 8.50. The molecular weight excluding hydrogens is 233 g/mol. The average molecular weight is 247 g/mol. The van der Waals surface area contributed by atoms with Gasteiger partial charge in [-0.05, 0) is 38.1 Å². The summed E-state index contributed by atoms with van der Waals surface area (Å²) in [5.74, 6) is -1.14. The Labute approximate surface area is 104 Å². The van der Waals surface area contributed by atoms with Crippen molar-refractivity contribution in [1.82, 2.24) is 9.78 Å². The van der Waals surface area contributed by atoms with Crippen molar-refractivity contribution in [2.45, 2.75) is 19.9 Å². The number of rotatable bonds is 3. The van der Waals surface area contributed by atoms with Crippen molar-refractivity contribution in [2.24, 2.45) is 5.73 Å². The van der Waals surface area contributed by atoms with E-state index in [1.165, 1.54) is 6.07 Å². The van der Waals surface area contributed by atoms with Gasteiger partial charge in [0.2, 0.25) is 5.91 Å². The molecule has 0 saturated heterocycles. The molecule has 2 aromatic rings. The Balaban J connectivity index is 2.63. The van der Waals surface area contributed by atoms with Crippen molar-refractivity contribution in [3.05, 3.63) is 41.8 Å². The Kier molecular flexibility index (Phi) is 3.14. The monoisotopic (exact) mass is 247 g/mol. The molecule has 94 valence electrons. The van der Waals surface area contributed by atoms with E-state index in [1.807, 2.05) is 13.8 Å². The zero-order valence-corrected chi connectivity index (χ0v) is 10.2. The molecule has 1 amide bonds. The van der Waals surface area contributed by atoms with Crippen molar-refractivity contribution >= 4 is 5.91 Å². The van der Waals surface area contributed by atoms with Crippen molar-refractivity contribution < 1.29 is 9.18 Å². The van der Waals surface area contributed by atoms with E-state index < -0.39 is 11.7 Å². The van der Waals surface area contributed by atoms with Crippen molar-refractivity contribution in [1.29, 1.82) is 0 Å². The van der Waals surface area contributed by atoms with Gasteiger partial charge in [-0.25, -0.2) is 4.39 Å². The zero-order chi connectivity index (χ0) is 13.3. The minimum absolute atomic E-state index is 0.140. The second-order valence-corrected chi connectivity index (χ2v) is 4.31. The standard InChI is InChI=1S/C13H14FN3O/c1-8(2)17-12(5-6-16-17)10-4-3-9(14)7-11(10)13(15)18/h3-8H,1-2H3,(H2,15,18). The summed E-state index contributed by atoms with van der Waals surface area (Å²) in [5, 5.41) is 4.19. The Morgan fingerprint density at radius 1 is 1.39 bits per heavy atom. The SMILES string of the molecule is CC(C)n1nccc1-c1ccc(F)cc1C(N)=O. The lowest BCUT2D eigenvalue weighted by Crippen LogP contribution is -2.14. The van der Waals surface area contributed by atoms with Crippen LogP contribution in [-0.4, -0.2) is 15.7 Å². The van der Waals surface area contributed by atoms with Crippen LogP contribution >= 0.6 is 0 Å². The normalized spacial score (nSPS) is 10.9. The quantitative estimate of drug-likeness (QED) is 0.905. The number of halogens is 1. The van der Waals surface area contributed by atoms with Crippen LogP contribution in [0, 0.1) is 5.82 Å². The molecule has 0 aliphatic rings. The van der Waals surface area contributed by atoms with E-state index in [0.717, 1.165) is 11.8 Å². The van der Waals surface area contributed by atoms with Crippen LogP contribution in [0.2, 0.25) is 0 Å². The van der Waals surface area contributed by atoms with Gasteiger partial charge in [0.15, 0.2) is 0 Å². The largest absolute Gasteiger partial charge is 0.366 e. The molecule has 0 spiro atoms. The highest BCUT2D eigenvalue weighted by Gasteiger charge is 2.15. The molecule has 2 N–H and O–H groups in total. The molecule has 1 heterocycles. The van der Waals surface area contributed by atoms with E-state index >= 15 is 0 Å². The lowest BCUT2D eigenvalue weighted by molar-refractivity contribution is 0.100. The van der Waals surface area contributed by atoms with Gasteiger partial charge in [-0.1, -0.05) is 0 Å². The number of primary amides is 1. The number of benzene rings is 1. The van der Waals surface area contributed by atoms with Gasteiger partial charge in [-0.2, -0.15) is 5.10 Å². The number of nitrogens with zero attached hydrogens (tertiary/aromatic N) is 2. The van der Waals surface area contributed by atoms with Crippen molar-refractivity contribution in [3.8, 4) is 11.3 Å². The summed E-state index contributed by atoms with van der Waals surface area (Å²) >= 11 is 0. The van der Waals surface area contributed by atoms with Crippen LogP contribution in [0.1, 0.15) is 30.2 Å². The molecule has 1 aromatic carbocycles. The van der Waals surface area contributed by atoms with Crippen molar-refractivity contribution in [3.63, 3.8) is 0 Å². The first-order valence-electron chi connectivity index (χ1n) is 5.64. The number of hydrogen-bond acceptors (Lipinski definition) is 2. The number of nitrogens with two attached hydrogens (primary N) is 1. The van der Waals surface area contributed by atoms with Crippen molar-refractivity contribution in [2.75, 3.05) is 0 Å². The third-order valence-electron chi connectivity index (χ3n) is 2.68. The molecule has 0 aliphatic heterocycles. The van der Waals surface area contributed by atoms with Gasteiger partial charge < -0.3 is 5.73 Å². The third kappa shape index (κ3) is 2.11. The molecular formula is C13H14FN3O. The van der Waals surface area contributed by atoms with Crippen LogP contribution in [0.5, 0.6) is 0 Å². The second kappa shape index (κ2) is 4.60. The van der Waals surface area contributed by atoms with Gasteiger partial charge in [0.25, 0.3) is 0 Å². The van der Waals surface area contributed by atoms with Gasteiger partial charge in [0, 0.05) is 17.8 Å². The topological polar surface area (TPSA) is 60.9 Å².